The Labute approximate surface area is 128 Å². The smallest absolute Gasteiger partial charge is 0.254 e. The van der Waals surface area contributed by atoms with Crippen LogP contribution in [0, 0.1) is 0 Å². The Morgan fingerprint density at radius 1 is 1.05 bits per heavy atom. The van der Waals surface area contributed by atoms with Crippen LogP contribution in [0.15, 0.2) is 10.1 Å². The monoisotopic (exact) mass is 291 g/mol. The van der Waals surface area contributed by atoms with Crippen molar-refractivity contribution < 1.29 is 4.79 Å². The molecule has 0 aromatic heterocycles. The van der Waals surface area contributed by atoms with Crippen molar-refractivity contribution in [2.45, 2.75) is 84.0 Å². The third-order valence-electron chi connectivity index (χ3n) is 4.25. The summed E-state index contributed by atoms with van der Waals surface area (Å²) in [6, 6.07) is 0. The second-order valence-corrected chi connectivity index (χ2v) is 6.17. The van der Waals surface area contributed by atoms with Crippen LogP contribution >= 0.6 is 0 Å². The van der Waals surface area contributed by atoms with Crippen LogP contribution in [0.4, 0.5) is 0 Å². The van der Waals surface area contributed by atoms with E-state index in [4.69, 9.17) is 0 Å². The third-order valence-corrected chi connectivity index (χ3v) is 4.25. The van der Waals surface area contributed by atoms with Gasteiger partial charge in [0, 0.05) is 18.7 Å². The van der Waals surface area contributed by atoms with Crippen LogP contribution in [0.3, 0.4) is 0 Å². The van der Waals surface area contributed by atoms with E-state index in [1.54, 1.807) is 5.01 Å². The Bertz CT molecular complexity index is 401. The van der Waals surface area contributed by atoms with Gasteiger partial charge in [-0.1, -0.05) is 45.4 Å². The van der Waals surface area contributed by atoms with E-state index in [-0.39, 0.29) is 5.91 Å². The molecule has 2 aliphatic rings. The van der Waals surface area contributed by atoms with Gasteiger partial charge in [-0.05, 0) is 25.7 Å². The lowest BCUT2D eigenvalue weighted by Crippen LogP contribution is -2.30. The van der Waals surface area contributed by atoms with Gasteiger partial charge < -0.3 is 0 Å². The number of amides is 1. The zero-order chi connectivity index (χ0) is 14.9. The summed E-state index contributed by atoms with van der Waals surface area (Å²) in [4.78, 5) is 16.5. The summed E-state index contributed by atoms with van der Waals surface area (Å²) < 4.78 is 0. The molecule has 0 radical (unpaired) electrons. The summed E-state index contributed by atoms with van der Waals surface area (Å²) in [5, 5.41) is 6.09. The van der Waals surface area contributed by atoms with E-state index in [2.05, 4.69) is 17.0 Å². The third kappa shape index (κ3) is 5.25. The normalized spacial score (nSPS) is 18.9. The average molecular weight is 291 g/mol. The molecule has 2 rings (SSSR count). The molecule has 0 saturated heterocycles. The highest BCUT2D eigenvalue weighted by molar-refractivity contribution is 6.12. The van der Waals surface area contributed by atoms with Gasteiger partial charge >= 0.3 is 0 Å². The molecule has 118 valence electrons. The molecular weight excluding hydrogens is 262 g/mol. The highest BCUT2D eigenvalue weighted by Crippen LogP contribution is 2.19. The fourth-order valence-corrected chi connectivity index (χ4v) is 2.96. The molecule has 0 unspecified atom stereocenters. The molecule has 0 fully saturated rings. The van der Waals surface area contributed by atoms with Gasteiger partial charge in [-0.2, -0.15) is 10.1 Å². The quantitative estimate of drug-likeness (QED) is 0.615. The predicted molar refractivity (Wildman–Crippen MR) is 87.7 cm³/mol. The summed E-state index contributed by atoms with van der Waals surface area (Å²) in [5.74, 6) is 1.01. The van der Waals surface area contributed by atoms with Gasteiger partial charge in [-0.3, -0.25) is 9.79 Å². The van der Waals surface area contributed by atoms with Gasteiger partial charge in [0.05, 0.1) is 6.42 Å². The molecule has 2 heterocycles. The molecule has 0 spiro atoms. The van der Waals surface area contributed by atoms with E-state index in [1.807, 2.05) is 0 Å². The standard InChI is InChI=1S/C17H29N3O/c1-2-3-4-5-6-7-8-11-15-14-17(21)20(19-15)16-12-9-10-13-18-16/h2-14H2,1H3. The molecule has 0 atom stereocenters. The van der Waals surface area contributed by atoms with Crippen molar-refractivity contribution in [3.8, 4) is 0 Å². The number of unbranched alkanes of at least 4 members (excludes halogenated alkanes) is 6. The Morgan fingerprint density at radius 3 is 2.52 bits per heavy atom. The van der Waals surface area contributed by atoms with Crippen molar-refractivity contribution in [2.24, 2.45) is 10.1 Å². The van der Waals surface area contributed by atoms with E-state index >= 15 is 0 Å². The second kappa shape index (κ2) is 8.96. The van der Waals surface area contributed by atoms with Crippen LogP contribution in [-0.4, -0.2) is 29.0 Å². The highest BCUT2D eigenvalue weighted by atomic mass is 16.2. The Hall–Kier alpha value is -1.19. The van der Waals surface area contributed by atoms with Crippen molar-refractivity contribution >= 4 is 17.5 Å². The molecule has 0 saturated carbocycles. The summed E-state index contributed by atoms with van der Waals surface area (Å²) in [6.45, 7) is 3.10. The van der Waals surface area contributed by atoms with Crippen molar-refractivity contribution in [3.63, 3.8) is 0 Å². The topological polar surface area (TPSA) is 45.0 Å². The summed E-state index contributed by atoms with van der Waals surface area (Å²) in [6.07, 6.45) is 13.8. The largest absolute Gasteiger partial charge is 0.272 e. The van der Waals surface area contributed by atoms with E-state index in [0.29, 0.717) is 6.42 Å². The first kappa shape index (κ1) is 16.2. The van der Waals surface area contributed by atoms with E-state index in [1.165, 1.54) is 44.9 Å². The minimum atomic E-state index is 0.119. The lowest BCUT2D eigenvalue weighted by molar-refractivity contribution is -0.125. The van der Waals surface area contributed by atoms with Gasteiger partial charge in [0.25, 0.3) is 5.91 Å². The molecule has 0 aliphatic carbocycles. The number of hydrogen-bond acceptors (Lipinski definition) is 3. The van der Waals surface area contributed by atoms with Gasteiger partial charge in [0.1, 0.15) is 5.84 Å². The number of hydrogen-bond donors (Lipinski definition) is 0. The minimum absolute atomic E-state index is 0.119. The fraction of sp³-hybridized carbons (Fsp3) is 0.824. The Balaban J connectivity index is 1.67. The lowest BCUT2D eigenvalue weighted by atomic mass is 10.1. The van der Waals surface area contributed by atoms with Crippen LogP contribution in [0.2, 0.25) is 0 Å². The molecule has 1 amide bonds. The number of carbonyl (C=O) groups is 1. The maximum atomic E-state index is 12.0. The van der Waals surface area contributed by atoms with Crippen molar-refractivity contribution in [1.29, 1.82) is 0 Å². The molecule has 4 heteroatoms. The number of carbonyl (C=O) groups excluding carboxylic acids is 1. The number of nitrogens with zero attached hydrogens (tertiary/aromatic N) is 3. The van der Waals surface area contributed by atoms with Crippen molar-refractivity contribution in [3.05, 3.63) is 0 Å². The van der Waals surface area contributed by atoms with Crippen LogP contribution in [0.5, 0.6) is 0 Å². The van der Waals surface area contributed by atoms with Crippen molar-refractivity contribution in [1.82, 2.24) is 5.01 Å². The molecule has 0 aromatic carbocycles. The van der Waals surface area contributed by atoms with Crippen LogP contribution in [-0.2, 0) is 4.79 Å². The number of hydrazone groups is 1. The van der Waals surface area contributed by atoms with Gasteiger partial charge in [-0.25, -0.2) is 0 Å². The molecule has 0 aromatic rings. The lowest BCUT2D eigenvalue weighted by Gasteiger charge is -2.17. The first-order valence-electron chi connectivity index (χ1n) is 8.74. The minimum Gasteiger partial charge on any atom is -0.272 e. The van der Waals surface area contributed by atoms with E-state index in [0.717, 1.165) is 43.8 Å². The van der Waals surface area contributed by atoms with Gasteiger partial charge in [0.2, 0.25) is 0 Å². The van der Waals surface area contributed by atoms with Crippen LogP contribution < -0.4 is 0 Å². The zero-order valence-electron chi connectivity index (χ0n) is 13.4. The maximum absolute atomic E-state index is 12.0. The highest BCUT2D eigenvalue weighted by Gasteiger charge is 2.27. The van der Waals surface area contributed by atoms with Crippen LogP contribution in [0.1, 0.15) is 84.0 Å². The number of rotatable bonds is 8. The summed E-state index contributed by atoms with van der Waals surface area (Å²) in [5.41, 5.74) is 1.06. The Morgan fingerprint density at radius 2 is 1.81 bits per heavy atom. The predicted octanol–water partition coefficient (Wildman–Crippen LogP) is 4.30. The second-order valence-electron chi connectivity index (χ2n) is 6.17. The first-order chi connectivity index (χ1) is 10.3. The fourth-order valence-electron chi connectivity index (χ4n) is 2.96. The molecule has 4 nitrogen and oxygen atoms in total. The van der Waals surface area contributed by atoms with Crippen LogP contribution in [0.25, 0.3) is 0 Å². The van der Waals surface area contributed by atoms with E-state index < -0.39 is 0 Å². The maximum Gasteiger partial charge on any atom is 0.254 e. The van der Waals surface area contributed by atoms with Gasteiger partial charge in [-0.15, -0.1) is 0 Å². The number of amidine groups is 1. The zero-order valence-corrected chi connectivity index (χ0v) is 13.4. The van der Waals surface area contributed by atoms with E-state index in [9.17, 15) is 4.79 Å². The molecule has 0 N–H and O–H groups in total. The first-order valence-corrected chi connectivity index (χ1v) is 8.74. The molecule has 2 aliphatic heterocycles. The molecule has 21 heavy (non-hydrogen) atoms. The average Bonchev–Trinajstić information content (AvgIpc) is 2.88. The van der Waals surface area contributed by atoms with Crippen molar-refractivity contribution in [2.75, 3.05) is 6.54 Å². The molecule has 0 bridgehead atoms. The summed E-state index contributed by atoms with van der Waals surface area (Å²) in [7, 11) is 0. The summed E-state index contributed by atoms with van der Waals surface area (Å²) >= 11 is 0. The molecular formula is C17H29N3O. The van der Waals surface area contributed by atoms with Gasteiger partial charge in [0.15, 0.2) is 0 Å². The SMILES string of the molecule is CCCCCCCCCC1=NN(C2=NCCCC2)C(=O)C1. The number of aliphatic imine (C=N–C) groups is 1. The Kier molecular flexibility index (Phi) is 6.90.